The molecular weight excluding hydrogens is 243 g/mol. The number of primary amides is 1. The Balaban J connectivity index is 2.03. The van der Waals surface area contributed by atoms with Crippen LogP contribution in [0.15, 0.2) is 24.3 Å². The van der Waals surface area contributed by atoms with Crippen LogP contribution >= 0.6 is 0 Å². The van der Waals surface area contributed by atoms with E-state index in [2.05, 4.69) is 4.74 Å². The molecule has 0 aliphatic carbocycles. The number of nitrogens with zero attached hydrogens (tertiary/aromatic N) is 1. The minimum atomic E-state index is -0.935. The van der Waals surface area contributed by atoms with Crippen LogP contribution in [0.3, 0.4) is 0 Å². The molecule has 96 valence electrons. The molecule has 0 bridgehead atoms. The Kier molecular flexibility index (Phi) is 3.31. The average Bonchev–Trinajstić information content (AvgIpc) is 2.68. The third-order valence-corrected chi connectivity index (χ3v) is 2.41. The van der Waals surface area contributed by atoms with E-state index in [4.69, 9.17) is 10.5 Å². The summed E-state index contributed by atoms with van der Waals surface area (Å²) in [5, 5.41) is 0. The highest BCUT2D eigenvalue weighted by molar-refractivity contribution is 5.89. The van der Waals surface area contributed by atoms with E-state index in [0.29, 0.717) is 5.69 Å². The van der Waals surface area contributed by atoms with Crippen molar-refractivity contribution in [2.75, 3.05) is 18.1 Å². The summed E-state index contributed by atoms with van der Waals surface area (Å²) >= 11 is 0. The van der Waals surface area contributed by atoms with Gasteiger partial charge in [0, 0.05) is 0 Å². The Morgan fingerprint density at radius 3 is 3.06 bits per heavy atom. The fourth-order valence-corrected chi connectivity index (χ4v) is 1.64. The van der Waals surface area contributed by atoms with Crippen LogP contribution in [0.2, 0.25) is 0 Å². The summed E-state index contributed by atoms with van der Waals surface area (Å²) in [4.78, 5) is 23.2. The molecule has 0 saturated carbocycles. The van der Waals surface area contributed by atoms with Gasteiger partial charge in [-0.2, -0.15) is 0 Å². The lowest BCUT2D eigenvalue weighted by molar-refractivity contribution is 0.0779. The number of carbonyl (C=O) groups is 2. The average molecular weight is 254 g/mol. The molecular formula is C11H11FN2O4. The van der Waals surface area contributed by atoms with Gasteiger partial charge in [-0.1, -0.05) is 6.07 Å². The summed E-state index contributed by atoms with van der Waals surface area (Å²) in [6, 6.07) is 5.57. The SMILES string of the molecule is NC(=O)OCC1CN(c2cccc(F)c2)C(=O)O1. The van der Waals surface area contributed by atoms with Crippen LogP contribution in [0.1, 0.15) is 0 Å². The maximum Gasteiger partial charge on any atom is 0.414 e. The van der Waals surface area contributed by atoms with Gasteiger partial charge in [-0.15, -0.1) is 0 Å². The second-order valence-corrected chi connectivity index (χ2v) is 3.73. The number of anilines is 1. The lowest BCUT2D eigenvalue weighted by Crippen LogP contribution is -2.27. The Morgan fingerprint density at radius 1 is 1.61 bits per heavy atom. The van der Waals surface area contributed by atoms with Gasteiger partial charge in [0.15, 0.2) is 6.10 Å². The maximum absolute atomic E-state index is 13.0. The lowest BCUT2D eigenvalue weighted by Gasteiger charge is -2.12. The standard InChI is InChI=1S/C11H11FN2O4/c12-7-2-1-3-8(4-7)14-5-9(18-11(14)16)6-17-10(13)15/h1-4,9H,5-6H2,(H2,13,15). The van der Waals surface area contributed by atoms with Gasteiger partial charge in [-0.3, -0.25) is 4.90 Å². The van der Waals surface area contributed by atoms with Crippen molar-refractivity contribution in [3.8, 4) is 0 Å². The topological polar surface area (TPSA) is 81.9 Å². The highest BCUT2D eigenvalue weighted by Crippen LogP contribution is 2.22. The zero-order chi connectivity index (χ0) is 13.1. The third kappa shape index (κ3) is 2.68. The van der Waals surface area contributed by atoms with Gasteiger partial charge in [-0.25, -0.2) is 14.0 Å². The normalized spacial score (nSPS) is 18.6. The number of ether oxygens (including phenoxy) is 2. The molecule has 1 aromatic carbocycles. The number of carbonyl (C=O) groups excluding carboxylic acids is 2. The maximum atomic E-state index is 13.0. The predicted octanol–water partition coefficient (Wildman–Crippen LogP) is 1.25. The summed E-state index contributed by atoms with van der Waals surface area (Å²) in [7, 11) is 0. The first kappa shape index (κ1) is 12.2. The number of halogens is 1. The van der Waals surface area contributed by atoms with Crippen LogP contribution < -0.4 is 10.6 Å². The molecule has 1 saturated heterocycles. The number of rotatable bonds is 3. The van der Waals surface area contributed by atoms with Gasteiger partial charge in [-0.05, 0) is 18.2 Å². The lowest BCUT2D eigenvalue weighted by atomic mass is 10.2. The van der Waals surface area contributed by atoms with E-state index in [1.165, 1.54) is 23.1 Å². The molecule has 6 nitrogen and oxygen atoms in total. The van der Waals surface area contributed by atoms with Gasteiger partial charge in [0.05, 0.1) is 12.2 Å². The van der Waals surface area contributed by atoms with E-state index >= 15 is 0 Å². The molecule has 0 aromatic heterocycles. The van der Waals surface area contributed by atoms with Crippen molar-refractivity contribution >= 4 is 17.9 Å². The quantitative estimate of drug-likeness (QED) is 0.879. The molecule has 1 atom stereocenters. The van der Waals surface area contributed by atoms with Crippen LogP contribution in [0.25, 0.3) is 0 Å². The Morgan fingerprint density at radius 2 is 2.39 bits per heavy atom. The van der Waals surface area contributed by atoms with Gasteiger partial charge in [0.25, 0.3) is 0 Å². The van der Waals surface area contributed by atoms with Crippen molar-refractivity contribution < 1.29 is 23.5 Å². The molecule has 18 heavy (non-hydrogen) atoms. The number of hydrogen-bond acceptors (Lipinski definition) is 4. The largest absolute Gasteiger partial charge is 0.446 e. The first-order valence-corrected chi connectivity index (χ1v) is 5.22. The van der Waals surface area contributed by atoms with Crippen molar-refractivity contribution in [3.63, 3.8) is 0 Å². The number of benzene rings is 1. The first-order valence-electron chi connectivity index (χ1n) is 5.22. The Hall–Kier alpha value is -2.31. The fraction of sp³-hybridized carbons (Fsp3) is 0.273. The summed E-state index contributed by atoms with van der Waals surface area (Å²) in [5.74, 6) is -0.447. The summed E-state index contributed by atoms with van der Waals surface area (Å²) in [6.07, 6.45) is -2.15. The van der Waals surface area contributed by atoms with Crippen molar-refractivity contribution in [1.82, 2.24) is 0 Å². The molecule has 2 amide bonds. The summed E-state index contributed by atoms with van der Waals surface area (Å²) in [6.45, 7) is 0.0580. The summed E-state index contributed by atoms with van der Waals surface area (Å²) in [5.41, 5.74) is 5.20. The molecule has 2 rings (SSSR count). The predicted molar refractivity (Wildman–Crippen MR) is 59.6 cm³/mol. The zero-order valence-corrected chi connectivity index (χ0v) is 9.34. The molecule has 1 aliphatic rings. The summed E-state index contributed by atoms with van der Waals surface area (Å²) < 4.78 is 22.5. The second-order valence-electron chi connectivity index (χ2n) is 3.73. The number of cyclic esters (lactones) is 1. The fourth-order valence-electron chi connectivity index (χ4n) is 1.64. The van der Waals surface area contributed by atoms with Crippen LogP contribution in [0.4, 0.5) is 19.7 Å². The molecule has 1 aromatic rings. The van der Waals surface area contributed by atoms with Crippen LogP contribution in [0, 0.1) is 5.82 Å². The Bertz CT molecular complexity index is 480. The van der Waals surface area contributed by atoms with Gasteiger partial charge in [0.2, 0.25) is 0 Å². The van der Waals surface area contributed by atoms with Gasteiger partial charge < -0.3 is 15.2 Å². The van der Waals surface area contributed by atoms with E-state index in [0.717, 1.165) is 0 Å². The van der Waals surface area contributed by atoms with E-state index < -0.39 is 24.1 Å². The third-order valence-electron chi connectivity index (χ3n) is 2.41. The monoisotopic (exact) mass is 254 g/mol. The van der Waals surface area contributed by atoms with Crippen LogP contribution in [-0.2, 0) is 9.47 Å². The number of amides is 2. The highest BCUT2D eigenvalue weighted by Gasteiger charge is 2.33. The van der Waals surface area contributed by atoms with E-state index in [-0.39, 0.29) is 13.2 Å². The molecule has 2 N–H and O–H groups in total. The molecule has 7 heteroatoms. The highest BCUT2D eigenvalue weighted by atomic mass is 19.1. The molecule has 1 fully saturated rings. The minimum Gasteiger partial charge on any atom is -0.446 e. The van der Waals surface area contributed by atoms with Gasteiger partial charge >= 0.3 is 12.2 Å². The minimum absolute atomic E-state index is 0.118. The van der Waals surface area contributed by atoms with Crippen LogP contribution in [0.5, 0.6) is 0 Å². The molecule has 1 heterocycles. The molecule has 1 unspecified atom stereocenters. The van der Waals surface area contributed by atoms with Crippen molar-refractivity contribution in [3.05, 3.63) is 30.1 Å². The molecule has 0 spiro atoms. The van der Waals surface area contributed by atoms with E-state index in [9.17, 15) is 14.0 Å². The first-order chi connectivity index (χ1) is 8.56. The number of hydrogen-bond donors (Lipinski definition) is 1. The zero-order valence-electron chi connectivity index (χ0n) is 9.34. The number of nitrogens with two attached hydrogens (primary N) is 1. The van der Waals surface area contributed by atoms with Gasteiger partial charge in [0.1, 0.15) is 12.4 Å². The molecule has 1 aliphatic heterocycles. The van der Waals surface area contributed by atoms with E-state index in [1.54, 1.807) is 6.07 Å². The Labute approximate surface area is 102 Å². The smallest absolute Gasteiger partial charge is 0.414 e. The van der Waals surface area contributed by atoms with Crippen molar-refractivity contribution in [2.24, 2.45) is 5.73 Å². The van der Waals surface area contributed by atoms with E-state index in [1.807, 2.05) is 0 Å². The van der Waals surface area contributed by atoms with Crippen molar-refractivity contribution in [2.45, 2.75) is 6.10 Å². The van der Waals surface area contributed by atoms with Crippen molar-refractivity contribution in [1.29, 1.82) is 0 Å². The molecule has 0 radical (unpaired) electrons. The van der Waals surface area contributed by atoms with Crippen LogP contribution in [-0.4, -0.2) is 31.4 Å². The second kappa shape index (κ2) is 4.91.